The summed E-state index contributed by atoms with van der Waals surface area (Å²) in [6.45, 7) is 3.78. The average Bonchev–Trinajstić information content (AvgIpc) is 2.51. The molecule has 0 amide bonds. The molecule has 0 radical (unpaired) electrons. The van der Waals surface area contributed by atoms with Crippen LogP contribution in [0.2, 0.25) is 5.15 Å². The SMILES string of the molecule is CCCN(CCO)c1nc(Cl)cs1. The molecule has 1 aromatic rings. The van der Waals surface area contributed by atoms with Gasteiger partial charge in [-0.2, -0.15) is 0 Å². The van der Waals surface area contributed by atoms with Crippen LogP contribution in [-0.2, 0) is 0 Å². The van der Waals surface area contributed by atoms with Crippen molar-refractivity contribution >= 4 is 28.1 Å². The summed E-state index contributed by atoms with van der Waals surface area (Å²) in [5.74, 6) is 0. The molecule has 13 heavy (non-hydrogen) atoms. The lowest BCUT2D eigenvalue weighted by molar-refractivity contribution is 0.302. The van der Waals surface area contributed by atoms with Crippen molar-refractivity contribution in [2.75, 3.05) is 24.6 Å². The van der Waals surface area contributed by atoms with Gasteiger partial charge in [-0.05, 0) is 6.42 Å². The molecule has 0 aromatic carbocycles. The lowest BCUT2D eigenvalue weighted by atomic mass is 10.4. The molecule has 1 rings (SSSR count). The van der Waals surface area contributed by atoms with Crippen LogP contribution >= 0.6 is 22.9 Å². The highest BCUT2D eigenvalue weighted by atomic mass is 35.5. The van der Waals surface area contributed by atoms with Crippen LogP contribution in [0.4, 0.5) is 5.13 Å². The summed E-state index contributed by atoms with van der Waals surface area (Å²) in [5.41, 5.74) is 0. The lowest BCUT2D eigenvalue weighted by Crippen LogP contribution is -2.27. The zero-order chi connectivity index (χ0) is 9.68. The van der Waals surface area contributed by atoms with E-state index in [9.17, 15) is 0 Å². The molecule has 1 heterocycles. The normalized spacial score (nSPS) is 10.4. The molecular weight excluding hydrogens is 208 g/mol. The summed E-state index contributed by atoms with van der Waals surface area (Å²) in [5, 5.41) is 12.1. The molecule has 0 atom stereocenters. The monoisotopic (exact) mass is 220 g/mol. The summed E-state index contributed by atoms with van der Waals surface area (Å²) in [7, 11) is 0. The number of aliphatic hydroxyl groups is 1. The first-order valence-electron chi connectivity index (χ1n) is 4.24. The quantitative estimate of drug-likeness (QED) is 0.825. The van der Waals surface area contributed by atoms with Crippen LogP contribution in [0.1, 0.15) is 13.3 Å². The summed E-state index contributed by atoms with van der Waals surface area (Å²) in [6.07, 6.45) is 1.04. The van der Waals surface area contributed by atoms with Crippen molar-refractivity contribution in [2.24, 2.45) is 0 Å². The molecule has 0 bridgehead atoms. The summed E-state index contributed by atoms with van der Waals surface area (Å²) in [4.78, 5) is 6.19. The Morgan fingerprint density at radius 3 is 2.85 bits per heavy atom. The Balaban J connectivity index is 2.63. The fourth-order valence-corrected chi connectivity index (χ4v) is 2.09. The number of anilines is 1. The number of nitrogens with zero attached hydrogens (tertiary/aromatic N) is 2. The minimum Gasteiger partial charge on any atom is -0.395 e. The van der Waals surface area contributed by atoms with Gasteiger partial charge in [-0.3, -0.25) is 0 Å². The summed E-state index contributed by atoms with van der Waals surface area (Å²) < 4.78 is 0. The van der Waals surface area contributed by atoms with Crippen molar-refractivity contribution in [1.82, 2.24) is 4.98 Å². The maximum Gasteiger partial charge on any atom is 0.186 e. The molecule has 0 aliphatic rings. The van der Waals surface area contributed by atoms with Crippen molar-refractivity contribution in [3.63, 3.8) is 0 Å². The highest BCUT2D eigenvalue weighted by Crippen LogP contribution is 2.22. The van der Waals surface area contributed by atoms with E-state index in [-0.39, 0.29) is 6.61 Å². The van der Waals surface area contributed by atoms with E-state index in [1.165, 1.54) is 11.3 Å². The molecule has 0 fully saturated rings. The maximum absolute atomic E-state index is 8.83. The van der Waals surface area contributed by atoms with Crippen molar-refractivity contribution in [3.8, 4) is 0 Å². The van der Waals surface area contributed by atoms with Gasteiger partial charge in [0.25, 0.3) is 0 Å². The van der Waals surface area contributed by atoms with E-state index in [4.69, 9.17) is 16.7 Å². The summed E-state index contributed by atoms with van der Waals surface area (Å²) in [6, 6.07) is 0. The highest BCUT2D eigenvalue weighted by Gasteiger charge is 2.08. The minimum absolute atomic E-state index is 0.150. The van der Waals surface area contributed by atoms with Crippen LogP contribution in [0, 0.1) is 0 Å². The van der Waals surface area contributed by atoms with Crippen LogP contribution < -0.4 is 4.90 Å². The zero-order valence-corrected chi connectivity index (χ0v) is 9.11. The highest BCUT2D eigenvalue weighted by molar-refractivity contribution is 7.14. The van der Waals surface area contributed by atoms with E-state index in [2.05, 4.69) is 11.9 Å². The number of hydrogen-bond acceptors (Lipinski definition) is 4. The Hall–Kier alpha value is -0.320. The van der Waals surface area contributed by atoms with Crippen LogP contribution in [0.3, 0.4) is 0 Å². The van der Waals surface area contributed by atoms with Crippen LogP contribution in [0.15, 0.2) is 5.38 Å². The molecule has 5 heteroatoms. The van der Waals surface area contributed by atoms with Gasteiger partial charge in [-0.15, -0.1) is 11.3 Å². The van der Waals surface area contributed by atoms with Crippen LogP contribution in [0.5, 0.6) is 0 Å². The van der Waals surface area contributed by atoms with E-state index in [1.807, 2.05) is 4.90 Å². The molecule has 1 aromatic heterocycles. The molecule has 0 saturated heterocycles. The molecule has 3 nitrogen and oxygen atoms in total. The Morgan fingerprint density at radius 1 is 1.62 bits per heavy atom. The number of hydrogen-bond donors (Lipinski definition) is 1. The Kier molecular flexibility index (Phi) is 4.48. The fourth-order valence-electron chi connectivity index (χ4n) is 1.08. The van der Waals surface area contributed by atoms with Crippen molar-refractivity contribution in [2.45, 2.75) is 13.3 Å². The van der Waals surface area contributed by atoms with Crippen molar-refractivity contribution in [3.05, 3.63) is 10.5 Å². The molecule has 0 aliphatic heterocycles. The standard InChI is InChI=1S/C8H13ClN2OS/c1-2-3-11(4-5-12)8-10-7(9)6-13-8/h6,12H,2-5H2,1H3. The Morgan fingerprint density at radius 2 is 2.38 bits per heavy atom. The predicted molar refractivity (Wildman–Crippen MR) is 56.7 cm³/mol. The zero-order valence-electron chi connectivity index (χ0n) is 7.53. The smallest absolute Gasteiger partial charge is 0.186 e. The Bertz CT molecular complexity index is 248. The molecule has 0 unspecified atom stereocenters. The van der Waals surface area contributed by atoms with E-state index < -0.39 is 0 Å². The van der Waals surface area contributed by atoms with Gasteiger partial charge in [0.05, 0.1) is 6.61 Å². The van der Waals surface area contributed by atoms with E-state index >= 15 is 0 Å². The lowest BCUT2D eigenvalue weighted by Gasteiger charge is -2.19. The molecule has 1 N–H and O–H groups in total. The molecular formula is C8H13ClN2OS. The van der Waals surface area contributed by atoms with Gasteiger partial charge in [-0.1, -0.05) is 18.5 Å². The summed E-state index contributed by atoms with van der Waals surface area (Å²) >= 11 is 7.22. The van der Waals surface area contributed by atoms with Crippen molar-refractivity contribution < 1.29 is 5.11 Å². The van der Waals surface area contributed by atoms with Gasteiger partial charge in [0.1, 0.15) is 5.15 Å². The predicted octanol–water partition coefficient (Wildman–Crippen LogP) is 2.01. The molecule has 0 aliphatic carbocycles. The first-order chi connectivity index (χ1) is 6.27. The number of aliphatic hydroxyl groups excluding tert-OH is 1. The number of thiazole rings is 1. The number of halogens is 1. The molecule has 74 valence electrons. The van der Waals surface area contributed by atoms with Gasteiger partial charge < -0.3 is 10.0 Å². The van der Waals surface area contributed by atoms with Gasteiger partial charge in [0.2, 0.25) is 0 Å². The van der Waals surface area contributed by atoms with Crippen LogP contribution in [-0.4, -0.2) is 29.8 Å². The second-order valence-corrected chi connectivity index (χ2v) is 3.89. The van der Waals surface area contributed by atoms with Crippen molar-refractivity contribution in [1.29, 1.82) is 0 Å². The van der Waals surface area contributed by atoms with E-state index in [0.717, 1.165) is 18.1 Å². The number of aromatic nitrogens is 1. The Labute approximate surface area is 87.0 Å². The van der Waals surface area contributed by atoms with Gasteiger partial charge in [-0.25, -0.2) is 4.98 Å². The maximum atomic E-state index is 8.83. The minimum atomic E-state index is 0.150. The second kappa shape index (κ2) is 5.42. The second-order valence-electron chi connectivity index (χ2n) is 2.66. The first-order valence-corrected chi connectivity index (χ1v) is 5.50. The fraction of sp³-hybridized carbons (Fsp3) is 0.625. The third-order valence-electron chi connectivity index (χ3n) is 1.60. The van der Waals surface area contributed by atoms with Crippen LogP contribution in [0.25, 0.3) is 0 Å². The van der Waals surface area contributed by atoms with E-state index in [1.54, 1.807) is 5.38 Å². The topological polar surface area (TPSA) is 36.4 Å². The van der Waals surface area contributed by atoms with E-state index in [0.29, 0.717) is 11.7 Å². The molecule has 0 spiro atoms. The van der Waals surface area contributed by atoms with Gasteiger partial charge in [0.15, 0.2) is 5.13 Å². The first kappa shape index (κ1) is 10.8. The van der Waals surface area contributed by atoms with Gasteiger partial charge >= 0.3 is 0 Å². The molecule has 0 saturated carbocycles. The third-order valence-corrected chi connectivity index (χ3v) is 2.82. The number of rotatable bonds is 5. The third kappa shape index (κ3) is 3.14. The van der Waals surface area contributed by atoms with Gasteiger partial charge in [0, 0.05) is 18.5 Å². The largest absolute Gasteiger partial charge is 0.395 e. The average molecular weight is 221 g/mol.